The number of methoxy groups -OCH3 is 1. The predicted molar refractivity (Wildman–Crippen MR) is 115 cm³/mol. The second kappa shape index (κ2) is 9.56. The first-order valence-corrected chi connectivity index (χ1v) is 9.93. The molecule has 0 saturated heterocycles. The number of carbonyl (C=O) groups excluding carboxylic acids is 1. The summed E-state index contributed by atoms with van der Waals surface area (Å²) in [4.78, 5) is 23.6. The van der Waals surface area contributed by atoms with Crippen molar-refractivity contribution in [2.45, 2.75) is 33.4 Å². The van der Waals surface area contributed by atoms with Crippen LogP contribution in [0.3, 0.4) is 0 Å². The Balaban J connectivity index is 2.12. The molecule has 1 unspecified atom stereocenters. The number of nitro groups is 1. The van der Waals surface area contributed by atoms with Crippen LogP contribution in [0.4, 0.5) is 5.69 Å². The van der Waals surface area contributed by atoms with Gasteiger partial charge >= 0.3 is 5.97 Å². The Hall–Kier alpha value is -3.79. The Labute approximate surface area is 184 Å². The molecule has 0 aliphatic carbocycles. The van der Waals surface area contributed by atoms with Gasteiger partial charge in [0.25, 0.3) is 5.69 Å². The summed E-state index contributed by atoms with van der Waals surface area (Å²) < 4.78 is 11.6. The van der Waals surface area contributed by atoms with E-state index >= 15 is 0 Å². The highest BCUT2D eigenvalue weighted by molar-refractivity contribution is 5.88. The number of aromatic nitrogens is 3. The van der Waals surface area contributed by atoms with Gasteiger partial charge in [0.2, 0.25) is 0 Å². The normalized spacial score (nSPS) is 11.8. The average molecular weight is 440 g/mol. The fourth-order valence-electron chi connectivity index (χ4n) is 3.30. The molecule has 0 bridgehead atoms. The summed E-state index contributed by atoms with van der Waals surface area (Å²) in [5.74, 6) is -0.0976. The van der Waals surface area contributed by atoms with Crippen molar-refractivity contribution in [2.24, 2.45) is 0 Å². The number of hydrogen-bond acceptors (Lipinski definition) is 8. The number of nitro benzene ring substituents is 1. The van der Waals surface area contributed by atoms with Crippen LogP contribution < -0.4 is 4.74 Å². The van der Waals surface area contributed by atoms with E-state index in [1.165, 1.54) is 16.8 Å². The summed E-state index contributed by atoms with van der Waals surface area (Å²) in [5, 5.41) is 30.8. The first-order chi connectivity index (χ1) is 15.3. The molecule has 0 fully saturated rings. The second-order valence-electron chi connectivity index (χ2n) is 7.20. The van der Waals surface area contributed by atoms with Crippen molar-refractivity contribution < 1.29 is 24.3 Å². The van der Waals surface area contributed by atoms with Gasteiger partial charge in [-0.1, -0.05) is 17.3 Å². The van der Waals surface area contributed by atoms with Gasteiger partial charge in [0, 0.05) is 6.07 Å². The third kappa shape index (κ3) is 4.59. The molecular weight excluding hydrogens is 416 g/mol. The largest absolute Gasteiger partial charge is 0.497 e. The van der Waals surface area contributed by atoms with E-state index in [0.29, 0.717) is 11.3 Å². The molecule has 10 heteroatoms. The van der Waals surface area contributed by atoms with Crippen molar-refractivity contribution in [1.82, 2.24) is 15.0 Å². The summed E-state index contributed by atoms with van der Waals surface area (Å²) in [7, 11) is 1.56. The number of aryl methyl sites for hydroxylation is 2. The number of ether oxygens (including phenoxy) is 2. The lowest BCUT2D eigenvalue weighted by Gasteiger charge is -2.16. The van der Waals surface area contributed by atoms with E-state index in [4.69, 9.17) is 9.47 Å². The zero-order chi connectivity index (χ0) is 23.4. The molecule has 3 rings (SSSR count). The van der Waals surface area contributed by atoms with Crippen LogP contribution in [0.1, 0.15) is 51.5 Å². The molecule has 1 heterocycles. The van der Waals surface area contributed by atoms with Crippen LogP contribution in [0.15, 0.2) is 36.4 Å². The highest BCUT2D eigenvalue weighted by Gasteiger charge is 2.32. The Morgan fingerprint density at radius 2 is 1.88 bits per heavy atom. The van der Waals surface area contributed by atoms with Crippen LogP contribution in [0.25, 0.3) is 0 Å². The molecule has 1 N–H and O–H groups in total. The Kier molecular flexibility index (Phi) is 6.84. The maximum Gasteiger partial charge on any atom is 0.360 e. The van der Waals surface area contributed by atoms with Gasteiger partial charge < -0.3 is 14.6 Å². The molecule has 0 spiro atoms. The average Bonchev–Trinajstić information content (AvgIpc) is 3.19. The van der Waals surface area contributed by atoms with Gasteiger partial charge in [-0.05, 0) is 55.7 Å². The Bertz CT molecular complexity index is 1140. The van der Waals surface area contributed by atoms with E-state index in [1.807, 2.05) is 0 Å². The van der Waals surface area contributed by atoms with Crippen LogP contribution in [-0.2, 0) is 11.3 Å². The summed E-state index contributed by atoms with van der Waals surface area (Å²) in [5.41, 5.74) is 1.88. The number of aliphatic hydroxyl groups is 1. The zero-order valence-electron chi connectivity index (χ0n) is 18.2. The first kappa shape index (κ1) is 22.9. The maximum atomic E-state index is 12.5. The number of esters is 1. The lowest BCUT2D eigenvalue weighted by atomic mass is 9.97. The van der Waals surface area contributed by atoms with Gasteiger partial charge in [-0.15, -0.1) is 5.10 Å². The number of rotatable bonds is 8. The van der Waals surface area contributed by atoms with Crippen LogP contribution in [-0.4, -0.2) is 44.7 Å². The minimum Gasteiger partial charge on any atom is -0.497 e. The number of benzene rings is 2. The fourth-order valence-corrected chi connectivity index (χ4v) is 3.30. The molecule has 1 atom stereocenters. The summed E-state index contributed by atoms with van der Waals surface area (Å²) in [6.45, 7) is 5.45. The molecule has 0 aliphatic rings. The first-order valence-electron chi connectivity index (χ1n) is 9.93. The smallest absolute Gasteiger partial charge is 0.360 e. The summed E-state index contributed by atoms with van der Waals surface area (Å²) >= 11 is 0. The molecule has 10 nitrogen and oxygen atoms in total. The minimum atomic E-state index is -1.53. The van der Waals surface area contributed by atoms with E-state index in [9.17, 15) is 20.0 Å². The Morgan fingerprint density at radius 3 is 2.47 bits per heavy atom. The molecule has 168 valence electrons. The van der Waals surface area contributed by atoms with Crippen molar-refractivity contribution in [1.29, 1.82) is 0 Å². The van der Waals surface area contributed by atoms with E-state index in [2.05, 4.69) is 10.3 Å². The minimum absolute atomic E-state index is 0.0191. The van der Waals surface area contributed by atoms with Crippen LogP contribution in [0.5, 0.6) is 5.75 Å². The number of nitrogens with zero attached hydrogens (tertiary/aromatic N) is 4. The van der Waals surface area contributed by atoms with Gasteiger partial charge in [-0.25, -0.2) is 9.48 Å². The van der Waals surface area contributed by atoms with E-state index in [0.717, 1.165) is 11.1 Å². The molecule has 0 radical (unpaired) electrons. The van der Waals surface area contributed by atoms with Crippen LogP contribution in [0.2, 0.25) is 0 Å². The summed E-state index contributed by atoms with van der Waals surface area (Å²) in [6.07, 6.45) is -1.53. The predicted octanol–water partition coefficient (Wildman–Crippen LogP) is 3.12. The molecular formula is C22H24N4O6. The molecule has 0 aliphatic heterocycles. The maximum absolute atomic E-state index is 12.5. The lowest BCUT2D eigenvalue weighted by Crippen LogP contribution is -2.17. The van der Waals surface area contributed by atoms with Crippen molar-refractivity contribution in [3.8, 4) is 5.75 Å². The van der Waals surface area contributed by atoms with E-state index in [-0.39, 0.29) is 35.8 Å². The number of carbonyl (C=O) groups is 1. The molecule has 3 aromatic rings. The standard InChI is InChI=1S/C22H24N4O6/c1-5-32-22(28)19-20(21(27)17-10-13(2)14(3)11-18(17)26(29)30)25(24-23-19)12-15-6-8-16(31-4)9-7-15/h6-11,21,27H,5,12H2,1-4H3. The van der Waals surface area contributed by atoms with Gasteiger partial charge in [0.1, 0.15) is 17.5 Å². The highest BCUT2D eigenvalue weighted by atomic mass is 16.6. The van der Waals surface area contributed by atoms with Gasteiger partial charge in [-0.3, -0.25) is 10.1 Å². The highest BCUT2D eigenvalue weighted by Crippen LogP contribution is 2.33. The van der Waals surface area contributed by atoms with Crippen LogP contribution in [0, 0.1) is 24.0 Å². The molecule has 2 aromatic carbocycles. The van der Waals surface area contributed by atoms with E-state index < -0.39 is 17.0 Å². The fraction of sp³-hybridized carbons (Fsp3) is 0.318. The lowest BCUT2D eigenvalue weighted by molar-refractivity contribution is -0.386. The zero-order valence-corrected chi connectivity index (χ0v) is 18.2. The quantitative estimate of drug-likeness (QED) is 0.321. The SMILES string of the molecule is CCOC(=O)c1nnn(Cc2ccc(OC)cc2)c1C(O)c1cc(C)c(C)cc1[N+](=O)[O-]. The molecule has 0 amide bonds. The Morgan fingerprint density at radius 1 is 1.22 bits per heavy atom. The number of aliphatic hydroxyl groups excluding tert-OH is 1. The van der Waals surface area contributed by atoms with Gasteiger partial charge in [0.15, 0.2) is 5.69 Å². The molecule has 0 saturated carbocycles. The molecule has 1 aromatic heterocycles. The third-order valence-electron chi connectivity index (χ3n) is 5.13. The number of hydrogen-bond donors (Lipinski definition) is 1. The van der Waals surface area contributed by atoms with Crippen molar-refractivity contribution >= 4 is 11.7 Å². The van der Waals surface area contributed by atoms with E-state index in [1.54, 1.807) is 52.1 Å². The van der Waals surface area contributed by atoms with Crippen molar-refractivity contribution in [2.75, 3.05) is 13.7 Å². The van der Waals surface area contributed by atoms with Gasteiger partial charge in [0.05, 0.1) is 30.7 Å². The van der Waals surface area contributed by atoms with Crippen molar-refractivity contribution in [3.05, 3.63) is 80.2 Å². The third-order valence-corrected chi connectivity index (χ3v) is 5.13. The van der Waals surface area contributed by atoms with Gasteiger partial charge in [-0.2, -0.15) is 0 Å². The molecule has 32 heavy (non-hydrogen) atoms. The monoisotopic (exact) mass is 440 g/mol. The van der Waals surface area contributed by atoms with Crippen LogP contribution >= 0.6 is 0 Å². The summed E-state index contributed by atoms with van der Waals surface area (Å²) in [6, 6.07) is 10.1. The van der Waals surface area contributed by atoms with Crippen molar-refractivity contribution in [3.63, 3.8) is 0 Å². The second-order valence-corrected chi connectivity index (χ2v) is 7.20. The topological polar surface area (TPSA) is 130 Å².